The number of hydrogen-bond donors (Lipinski definition) is 0. The lowest BCUT2D eigenvalue weighted by Gasteiger charge is -2.12. The van der Waals surface area contributed by atoms with Gasteiger partial charge in [0.1, 0.15) is 12.1 Å². The van der Waals surface area contributed by atoms with Crippen molar-refractivity contribution in [2.24, 2.45) is 4.99 Å². The third kappa shape index (κ3) is 7.21. The van der Waals surface area contributed by atoms with E-state index < -0.39 is 0 Å². The molecule has 0 amide bonds. The molecule has 230 valence electrons. The lowest BCUT2D eigenvalue weighted by molar-refractivity contribution is 1.26. The first-order valence-corrected chi connectivity index (χ1v) is 15.0. The van der Waals surface area contributed by atoms with E-state index in [2.05, 4.69) is 58.1 Å². The van der Waals surface area contributed by atoms with Crippen LogP contribution in [0.5, 0.6) is 0 Å². The first-order chi connectivity index (χ1) is 24.0. The minimum atomic E-state index is 0.466. The molecular formula is C40H25N9. The van der Waals surface area contributed by atoms with Crippen molar-refractivity contribution in [2.75, 3.05) is 0 Å². The second kappa shape index (κ2) is 14.3. The minimum absolute atomic E-state index is 0.466. The molecule has 0 fully saturated rings. The Morgan fingerprint density at radius 1 is 0.592 bits per heavy atom. The zero-order chi connectivity index (χ0) is 34.2. The first-order valence-electron chi connectivity index (χ1n) is 15.0. The summed E-state index contributed by atoms with van der Waals surface area (Å²) >= 11 is 0. The Morgan fingerprint density at radius 2 is 1.08 bits per heavy atom. The molecule has 0 aliphatic heterocycles. The van der Waals surface area contributed by atoms with Crippen LogP contribution in [0.3, 0.4) is 0 Å². The van der Waals surface area contributed by atoms with Crippen LogP contribution in [-0.4, -0.2) is 31.6 Å². The quantitative estimate of drug-likeness (QED) is 0.0926. The zero-order valence-electron chi connectivity index (χ0n) is 26.3. The van der Waals surface area contributed by atoms with Crippen LogP contribution < -0.4 is 0 Å². The lowest BCUT2D eigenvalue weighted by atomic mass is 9.94. The van der Waals surface area contributed by atoms with Gasteiger partial charge in [-0.3, -0.25) is 29.9 Å². The van der Waals surface area contributed by atoms with Crippen molar-refractivity contribution in [1.29, 1.82) is 15.8 Å². The highest BCUT2D eigenvalue weighted by Crippen LogP contribution is 2.34. The zero-order valence-corrected chi connectivity index (χ0v) is 26.3. The van der Waals surface area contributed by atoms with Crippen LogP contribution in [0, 0.1) is 34.0 Å². The standard InChI is InChI=1S/C40H25N9/c1-26(15-41)9-35(20-44-2)38-6-3-29(23-47-38)32-12-33(30-4-7-39(48-24-30)36-10-27(16-42)18-45-21-36)14-34(13-32)31-5-8-40(49-25-31)37-11-28(17-43)19-46-22-37/h3-14,18-25H,2H2,1H3/b26-9+,35-20+. The van der Waals surface area contributed by atoms with Crippen molar-refractivity contribution in [2.45, 2.75) is 6.92 Å². The number of pyridine rings is 5. The van der Waals surface area contributed by atoms with Gasteiger partial charge in [0.05, 0.1) is 34.3 Å². The molecule has 0 bridgehead atoms. The summed E-state index contributed by atoms with van der Waals surface area (Å²) in [7, 11) is 0. The Bertz CT molecular complexity index is 2250. The predicted octanol–water partition coefficient (Wildman–Crippen LogP) is 8.25. The topological polar surface area (TPSA) is 148 Å². The normalized spacial score (nSPS) is 11.2. The van der Waals surface area contributed by atoms with Crippen molar-refractivity contribution in [1.82, 2.24) is 24.9 Å². The van der Waals surface area contributed by atoms with Gasteiger partial charge in [0, 0.05) is 88.5 Å². The second-order valence-corrected chi connectivity index (χ2v) is 10.9. The molecular weight excluding hydrogens is 607 g/mol. The lowest BCUT2D eigenvalue weighted by Crippen LogP contribution is -1.92. The Hall–Kier alpha value is -7.41. The summed E-state index contributed by atoms with van der Waals surface area (Å²) in [6, 6.07) is 27.8. The monoisotopic (exact) mass is 631 g/mol. The second-order valence-electron chi connectivity index (χ2n) is 10.9. The molecule has 6 rings (SSSR count). The van der Waals surface area contributed by atoms with E-state index in [1.807, 2.05) is 36.4 Å². The summed E-state index contributed by atoms with van der Waals surface area (Å²) < 4.78 is 0. The van der Waals surface area contributed by atoms with E-state index in [1.165, 1.54) is 12.4 Å². The largest absolute Gasteiger partial charge is 0.272 e. The van der Waals surface area contributed by atoms with E-state index in [0.29, 0.717) is 39.4 Å². The van der Waals surface area contributed by atoms with E-state index in [1.54, 1.807) is 62.3 Å². The summed E-state index contributed by atoms with van der Waals surface area (Å²) in [4.78, 5) is 26.3. The molecule has 0 spiro atoms. The maximum atomic E-state index is 9.29. The van der Waals surface area contributed by atoms with Crippen LogP contribution in [0.15, 0.2) is 133 Å². The summed E-state index contributed by atoms with van der Waals surface area (Å²) in [5.74, 6) is 0. The highest BCUT2D eigenvalue weighted by molar-refractivity contribution is 5.82. The fraction of sp³-hybridized carbons (Fsp3) is 0.0250. The molecule has 5 heterocycles. The van der Waals surface area contributed by atoms with Gasteiger partial charge in [-0.05, 0) is 84.9 Å². The highest BCUT2D eigenvalue weighted by atomic mass is 14.7. The molecule has 0 aliphatic rings. The first kappa shape index (κ1) is 31.6. The van der Waals surface area contributed by atoms with Crippen LogP contribution in [0.4, 0.5) is 0 Å². The number of rotatable bonds is 8. The molecule has 1 aromatic carbocycles. The van der Waals surface area contributed by atoms with Gasteiger partial charge in [-0.2, -0.15) is 15.8 Å². The Labute approximate surface area is 283 Å². The van der Waals surface area contributed by atoms with E-state index in [9.17, 15) is 15.8 Å². The molecule has 9 heteroatoms. The van der Waals surface area contributed by atoms with E-state index in [0.717, 1.165) is 44.5 Å². The van der Waals surface area contributed by atoms with E-state index >= 15 is 0 Å². The molecule has 6 aromatic rings. The molecule has 0 atom stereocenters. The SMILES string of the molecule is C=N/C=C(\C=C(/C)C#N)c1ccc(-c2cc(-c3ccc(-c4cncc(C#N)c4)nc3)cc(-c3ccc(-c4cncc(C#N)c4)nc3)c2)cn1. The van der Waals surface area contributed by atoms with Crippen LogP contribution in [0.2, 0.25) is 0 Å². The number of hydrogen-bond acceptors (Lipinski definition) is 9. The van der Waals surface area contributed by atoms with Gasteiger partial charge in [-0.25, -0.2) is 0 Å². The smallest absolute Gasteiger partial charge is 0.101 e. The maximum Gasteiger partial charge on any atom is 0.101 e. The van der Waals surface area contributed by atoms with Crippen LogP contribution in [0.25, 0.3) is 61.5 Å². The van der Waals surface area contributed by atoms with Gasteiger partial charge in [0.25, 0.3) is 0 Å². The number of allylic oxidation sites excluding steroid dienone is 3. The van der Waals surface area contributed by atoms with Crippen molar-refractivity contribution in [3.63, 3.8) is 0 Å². The van der Waals surface area contributed by atoms with Crippen molar-refractivity contribution in [3.8, 4) is 74.1 Å². The summed E-state index contributed by atoms with van der Waals surface area (Å²) in [5, 5.41) is 27.9. The summed E-state index contributed by atoms with van der Waals surface area (Å²) in [6.07, 6.45) is 15.1. The fourth-order valence-corrected chi connectivity index (χ4v) is 5.16. The maximum absolute atomic E-state index is 9.29. The number of aliphatic imine (C=N–C) groups is 1. The van der Waals surface area contributed by atoms with Crippen molar-refractivity contribution in [3.05, 3.63) is 145 Å². The predicted molar refractivity (Wildman–Crippen MR) is 189 cm³/mol. The third-order valence-electron chi connectivity index (χ3n) is 7.62. The molecule has 49 heavy (non-hydrogen) atoms. The molecule has 9 nitrogen and oxygen atoms in total. The molecule has 0 unspecified atom stereocenters. The fourth-order valence-electron chi connectivity index (χ4n) is 5.16. The Morgan fingerprint density at radius 3 is 1.47 bits per heavy atom. The molecule has 0 saturated carbocycles. The van der Waals surface area contributed by atoms with Crippen LogP contribution >= 0.6 is 0 Å². The molecule has 0 aliphatic carbocycles. The molecule has 5 aromatic heterocycles. The number of aromatic nitrogens is 5. The third-order valence-corrected chi connectivity index (χ3v) is 7.62. The number of nitriles is 3. The highest BCUT2D eigenvalue weighted by Gasteiger charge is 2.12. The Balaban J connectivity index is 1.41. The van der Waals surface area contributed by atoms with E-state index in [4.69, 9.17) is 15.0 Å². The minimum Gasteiger partial charge on any atom is -0.272 e. The van der Waals surface area contributed by atoms with Gasteiger partial charge in [-0.15, -0.1) is 0 Å². The van der Waals surface area contributed by atoms with Gasteiger partial charge in [-0.1, -0.05) is 18.2 Å². The number of benzene rings is 1. The molecule has 0 saturated heterocycles. The van der Waals surface area contributed by atoms with Gasteiger partial charge >= 0.3 is 0 Å². The van der Waals surface area contributed by atoms with Crippen molar-refractivity contribution >= 4 is 12.3 Å². The summed E-state index contributed by atoms with van der Waals surface area (Å²) in [6.45, 7) is 5.28. The van der Waals surface area contributed by atoms with Gasteiger partial charge < -0.3 is 0 Å². The van der Waals surface area contributed by atoms with Gasteiger partial charge in [0.2, 0.25) is 0 Å². The summed E-state index contributed by atoms with van der Waals surface area (Å²) in [5.41, 5.74) is 11.2. The number of nitrogens with zero attached hydrogens (tertiary/aromatic N) is 9. The van der Waals surface area contributed by atoms with Crippen LogP contribution in [-0.2, 0) is 0 Å². The average Bonchev–Trinajstić information content (AvgIpc) is 3.17. The molecule has 0 radical (unpaired) electrons. The molecule has 0 N–H and O–H groups in total. The average molecular weight is 632 g/mol. The van der Waals surface area contributed by atoms with Crippen LogP contribution in [0.1, 0.15) is 23.7 Å². The van der Waals surface area contributed by atoms with E-state index in [-0.39, 0.29) is 0 Å². The van der Waals surface area contributed by atoms with Gasteiger partial charge in [0.15, 0.2) is 0 Å². The Kier molecular flexibility index (Phi) is 9.24. The van der Waals surface area contributed by atoms with Crippen molar-refractivity contribution < 1.29 is 0 Å².